The smallest absolute Gasteiger partial charge is 0.343 e. The second kappa shape index (κ2) is 7.12. The van der Waals surface area contributed by atoms with Crippen LogP contribution in [0.4, 0.5) is 4.39 Å². The zero-order valence-corrected chi connectivity index (χ0v) is 15.4. The summed E-state index contributed by atoms with van der Waals surface area (Å²) in [5.41, 5.74) is 6.40. The van der Waals surface area contributed by atoms with Gasteiger partial charge in [0.05, 0.1) is 5.56 Å². The Bertz CT molecular complexity index is 989. The lowest BCUT2D eigenvalue weighted by Crippen LogP contribution is -2.10. The molecule has 0 atom stereocenters. The molecule has 0 aliphatic heterocycles. The molecule has 0 aliphatic rings. The molecule has 0 bridgehead atoms. The lowest BCUT2D eigenvalue weighted by atomic mass is 9.96. The number of halogens is 1. The van der Waals surface area contributed by atoms with E-state index in [-0.39, 0.29) is 5.75 Å². The van der Waals surface area contributed by atoms with Gasteiger partial charge in [-0.2, -0.15) is 0 Å². The Morgan fingerprint density at radius 3 is 2.23 bits per heavy atom. The van der Waals surface area contributed by atoms with Gasteiger partial charge in [-0.15, -0.1) is 0 Å². The Morgan fingerprint density at radius 2 is 1.58 bits per heavy atom. The summed E-state index contributed by atoms with van der Waals surface area (Å²) < 4.78 is 19.0. The fourth-order valence-corrected chi connectivity index (χ4v) is 3.00. The van der Waals surface area contributed by atoms with Gasteiger partial charge in [-0.05, 0) is 67.6 Å². The SMILES string of the molecule is Cc1ccc(-c2ccc(C(=O)Oc3ccc(C)c(F)c3)c(C)c2)c(C)c1. The Morgan fingerprint density at radius 1 is 0.808 bits per heavy atom. The molecule has 2 nitrogen and oxygen atoms in total. The van der Waals surface area contributed by atoms with Gasteiger partial charge in [-0.3, -0.25) is 0 Å². The summed E-state index contributed by atoms with van der Waals surface area (Å²) in [4.78, 5) is 12.4. The van der Waals surface area contributed by atoms with Crippen LogP contribution in [0, 0.1) is 33.5 Å². The second-order valence-electron chi connectivity index (χ2n) is 6.65. The minimum atomic E-state index is -0.488. The molecule has 3 rings (SSSR count). The molecule has 0 saturated carbocycles. The number of carbonyl (C=O) groups excluding carboxylic acids is 1. The van der Waals surface area contributed by atoms with Gasteiger partial charge in [0.25, 0.3) is 0 Å². The van der Waals surface area contributed by atoms with Gasteiger partial charge in [0, 0.05) is 6.07 Å². The summed E-state index contributed by atoms with van der Waals surface area (Å²) in [6, 6.07) is 16.4. The summed E-state index contributed by atoms with van der Waals surface area (Å²) >= 11 is 0. The topological polar surface area (TPSA) is 26.3 Å². The zero-order chi connectivity index (χ0) is 18.8. The van der Waals surface area contributed by atoms with Crippen molar-refractivity contribution in [3.05, 3.63) is 88.2 Å². The van der Waals surface area contributed by atoms with Crippen LogP contribution in [0.2, 0.25) is 0 Å². The largest absolute Gasteiger partial charge is 0.423 e. The molecule has 3 aromatic carbocycles. The Balaban J connectivity index is 1.87. The quantitative estimate of drug-likeness (QED) is 0.432. The van der Waals surface area contributed by atoms with Gasteiger partial charge in [-0.1, -0.05) is 42.0 Å². The van der Waals surface area contributed by atoms with Crippen LogP contribution in [0.15, 0.2) is 54.6 Å². The summed E-state index contributed by atoms with van der Waals surface area (Å²) in [6.45, 7) is 7.68. The molecule has 0 unspecified atom stereocenters. The number of benzene rings is 3. The fourth-order valence-electron chi connectivity index (χ4n) is 3.00. The minimum Gasteiger partial charge on any atom is -0.423 e. The molecule has 0 N–H and O–H groups in total. The van der Waals surface area contributed by atoms with Crippen molar-refractivity contribution in [1.82, 2.24) is 0 Å². The average Bonchev–Trinajstić information content (AvgIpc) is 2.58. The van der Waals surface area contributed by atoms with Gasteiger partial charge >= 0.3 is 5.97 Å². The van der Waals surface area contributed by atoms with E-state index in [4.69, 9.17) is 4.74 Å². The average molecular weight is 348 g/mol. The van der Waals surface area contributed by atoms with Crippen LogP contribution >= 0.6 is 0 Å². The van der Waals surface area contributed by atoms with E-state index in [1.165, 1.54) is 17.2 Å². The highest BCUT2D eigenvalue weighted by Gasteiger charge is 2.14. The lowest BCUT2D eigenvalue weighted by Gasteiger charge is -2.11. The summed E-state index contributed by atoms with van der Waals surface area (Å²) in [5.74, 6) is -0.675. The van der Waals surface area contributed by atoms with E-state index < -0.39 is 11.8 Å². The standard InChI is InChI=1S/C23H21FO2/c1-14-5-9-20(16(3)11-14)18-7-10-21(17(4)12-18)23(25)26-19-8-6-15(2)22(24)13-19/h5-13H,1-4H3. The van der Waals surface area contributed by atoms with Crippen molar-refractivity contribution in [2.75, 3.05) is 0 Å². The van der Waals surface area contributed by atoms with Crippen molar-refractivity contribution < 1.29 is 13.9 Å². The molecule has 3 heteroatoms. The molecule has 0 aliphatic carbocycles. The van der Waals surface area contributed by atoms with Crippen LogP contribution in [0.3, 0.4) is 0 Å². The number of carbonyl (C=O) groups is 1. The van der Waals surface area contributed by atoms with Crippen molar-refractivity contribution >= 4 is 5.97 Å². The first kappa shape index (κ1) is 17.9. The first-order valence-corrected chi connectivity index (χ1v) is 8.52. The van der Waals surface area contributed by atoms with E-state index >= 15 is 0 Å². The summed E-state index contributed by atoms with van der Waals surface area (Å²) in [7, 11) is 0. The van der Waals surface area contributed by atoms with Crippen molar-refractivity contribution in [2.24, 2.45) is 0 Å². The summed E-state index contributed by atoms with van der Waals surface area (Å²) in [6.07, 6.45) is 0. The maximum Gasteiger partial charge on any atom is 0.343 e. The number of esters is 1. The normalized spacial score (nSPS) is 10.7. The monoisotopic (exact) mass is 348 g/mol. The van der Waals surface area contributed by atoms with Crippen LogP contribution in [-0.2, 0) is 0 Å². The third-order valence-corrected chi connectivity index (χ3v) is 4.49. The molecule has 0 heterocycles. The molecule has 132 valence electrons. The van der Waals surface area contributed by atoms with Crippen molar-refractivity contribution in [3.8, 4) is 16.9 Å². The van der Waals surface area contributed by atoms with E-state index in [1.807, 2.05) is 19.1 Å². The molecule has 0 fully saturated rings. The van der Waals surface area contributed by atoms with E-state index in [0.717, 1.165) is 16.7 Å². The predicted molar refractivity (Wildman–Crippen MR) is 102 cm³/mol. The van der Waals surface area contributed by atoms with E-state index in [2.05, 4.69) is 32.0 Å². The summed E-state index contributed by atoms with van der Waals surface area (Å²) in [5, 5.41) is 0. The minimum absolute atomic E-state index is 0.205. The highest BCUT2D eigenvalue weighted by Crippen LogP contribution is 2.27. The molecular weight excluding hydrogens is 327 g/mol. The Labute approximate surface area is 153 Å². The molecule has 0 spiro atoms. The first-order chi connectivity index (χ1) is 12.3. The van der Waals surface area contributed by atoms with Crippen molar-refractivity contribution in [2.45, 2.75) is 27.7 Å². The Hall–Kier alpha value is -2.94. The van der Waals surface area contributed by atoms with Gasteiger partial charge in [-0.25, -0.2) is 9.18 Å². The van der Waals surface area contributed by atoms with E-state index in [0.29, 0.717) is 11.1 Å². The molecule has 0 aromatic heterocycles. The van der Waals surface area contributed by atoms with Crippen molar-refractivity contribution in [1.29, 1.82) is 0 Å². The first-order valence-electron chi connectivity index (χ1n) is 8.52. The number of hydrogen-bond donors (Lipinski definition) is 0. The molecule has 0 amide bonds. The highest BCUT2D eigenvalue weighted by molar-refractivity contribution is 5.93. The van der Waals surface area contributed by atoms with Crippen LogP contribution in [0.25, 0.3) is 11.1 Å². The number of hydrogen-bond acceptors (Lipinski definition) is 2. The predicted octanol–water partition coefficient (Wildman–Crippen LogP) is 5.95. The lowest BCUT2D eigenvalue weighted by molar-refractivity contribution is 0.0733. The van der Waals surface area contributed by atoms with Gasteiger partial charge in [0.1, 0.15) is 11.6 Å². The molecular formula is C23H21FO2. The molecule has 0 radical (unpaired) electrons. The van der Waals surface area contributed by atoms with Gasteiger partial charge in [0.2, 0.25) is 0 Å². The zero-order valence-electron chi connectivity index (χ0n) is 15.4. The van der Waals surface area contributed by atoms with E-state index in [1.54, 1.807) is 25.1 Å². The van der Waals surface area contributed by atoms with Crippen LogP contribution < -0.4 is 4.74 Å². The Kier molecular flexibility index (Phi) is 4.90. The second-order valence-corrected chi connectivity index (χ2v) is 6.65. The molecule has 0 saturated heterocycles. The van der Waals surface area contributed by atoms with E-state index in [9.17, 15) is 9.18 Å². The van der Waals surface area contributed by atoms with Crippen molar-refractivity contribution in [3.63, 3.8) is 0 Å². The molecule has 26 heavy (non-hydrogen) atoms. The van der Waals surface area contributed by atoms with Crippen LogP contribution in [0.1, 0.15) is 32.6 Å². The van der Waals surface area contributed by atoms with Crippen LogP contribution in [0.5, 0.6) is 5.75 Å². The number of rotatable bonds is 3. The highest BCUT2D eigenvalue weighted by atomic mass is 19.1. The third kappa shape index (κ3) is 3.67. The maximum absolute atomic E-state index is 13.6. The number of ether oxygens (including phenoxy) is 1. The fraction of sp³-hybridized carbons (Fsp3) is 0.174. The molecule has 3 aromatic rings. The van der Waals surface area contributed by atoms with Crippen LogP contribution in [-0.4, -0.2) is 5.97 Å². The van der Waals surface area contributed by atoms with Gasteiger partial charge in [0.15, 0.2) is 0 Å². The van der Waals surface area contributed by atoms with Gasteiger partial charge < -0.3 is 4.74 Å². The maximum atomic E-state index is 13.6. The number of aryl methyl sites for hydroxylation is 4. The third-order valence-electron chi connectivity index (χ3n) is 4.49.